The summed E-state index contributed by atoms with van der Waals surface area (Å²) in [5.41, 5.74) is 1.23. The van der Waals surface area contributed by atoms with Gasteiger partial charge in [-0.05, 0) is 54.0 Å². The summed E-state index contributed by atoms with van der Waals surface area (Å²) < 4.78 is 12.5. The average Bonchev–Trinajstić information content (AvgIpc) is 2.97. The Morgan fingerprint density at radius 1 is 1.14 bits per heavy atom. The van der Waals surface area contributed by atoms with Crippen LogP contribution >= 0.6 is 11.3 Å². The second kappa shape index (κ2) is 8.37. The normalized spacial score (nSPS) is 11.4. The summed E-state index contributed by atoms with van der Waals surface area (Å²) >= 11 is 1.75. The molecule has 0 N–H and O–H groups in total. The Labute approximate surface area is 131 Å². The van der Waals surface area contributed by atoms with Crippen molar-refractivity contribution in [1.82, 2.24) is 4.90 Å². The fourth-order valence-electron chi connectivity index (χ4n) is 2.44. The molecule has 4 heteroatoms. The lowest BCUT2D eigenvalue weighted by Crippen LogP contribution is -2.27. The molecule has 0 unspecified atom stereocenters. The summed E-state index contributed by atoms with van der Waals surface area (Å²) in [6, 6.07) is 6.51. The number of methoxy groups -OCH3 is 1. The molecule has 1 heterocycles. The highest BCUT2D eigenvalue weighted by molar-refractivity contribution is 7.17. The number of nitrogens with zero attached hydrogens (tertiary/aromatic N) is 1. The molecule has 0 aliphatic rings. The van der Waals surface area contributed by atoms with Crippen molar-refractivity contribution in [1.29, 1.82) is 0 Å². The zero-order valence-corrected chi connectivity index (χ0v) is 14.0. The summed E-state index contributed by atoms with van der Waals surface area (Å²) in [5.74, 6) is 0.970. The van der Waals surface area contributed by atoms with Gasteiger partial charge in [-0.15, -0.1) is 11.3 Å². The summed E-state index contributed by atoms with van der Waals surface area (Å²) in [7, 11) is 1.74. The van der Waals surface area contributed by atoms with Gasteiger partial charge in [0.1, 0.15) is 5.75 Å². The van der Waals surface area contributed by atoms with E-state index in [-0.39, 0.29) is 0 Å². The molecule has 0 radical (unpaired) electrons. The van der Waals surface area contributed by atoms with E-state index in [0.29, 0.717) is 0 Å². The van der Waals surface area contributed by atoms with Gasteiger partial charge in [0, 0.05) is 11.2 Å². The maximum absolute atomic E-state index is 5.77. The Bertz CT molecular complexity index is 549. The van der Waals surface area contributed by atoms with E-state index in [1.54, 1.807) is 18.4 Å². The zero-order chi connectivity index (χ0) is 15.1. The highest BCUT2D eigenvalue weighted by Crippen LogP contribution is 2.29. The molecule has 116 valence electrons. The summed E-state index contributed by atoms with van der Waals surface area (Å²) in [5, 5.41) is 3.41. The van der Waals surface area contributed by atoms with Gasteiger partial charge in [0.25, 0.3) is 0 Å². The SMILES string of the molecule is CCN(CC)CCOCCc1cc2ccsc2cc1OC. The van der Waals surface area contributed by atoms with Crippen molar-refractivity contribution in [2.45, 2.75) is 20.3 Å². The predicted octanol–water partition coefficient (Wildman–Crippen LogP) is 3.81. The molecule has 21 heavy (non-hydrogen) atoms. The smallest absolute Gasteiger partial charge is 0.123 e. The van der Waals surface area contributed by atoms with Crippen LogP contribution in [0.1, 0.15) is 19.4 Å². The molecule has 0 spiro atoms. The summed E-state index contributed by atoms with van der Waals surface area (Å²) in [6.45, 7) is 9.09. The standard InChI is InChI=1S/C17H25NO2S/c1-4-18(5-2)8-10-20-9-6-14-12-15-7-11-21-17(15)13-16(14)19-3/h7,11-13H,4-6,8-10H2,1-3H3. The number of hydrogen-bond acceptors (Lipinski definition) is 4. The predicted molar refractivity (Wildman–Crippen MR) is 90.7 cm³/mol. The van der Waals surface area contributed by atoms with E-state index < -0.39 is 0 Å². The second-order valence-electron chi connectivity index (χ2n) is 5.01. The van der Waals surface area contributed by atoms with Crippen molar-refractivity contribution in [2.24, 2.45) is 0 Å². The Morgan fingerprint density at radius 2 is 1.95 bits per heavy atom. The lowest BCUT2D eigenvalue weighted by atomic mass is 10.1. The van der Waals surface area contributed by atoms with E-state index in [0.717, 1.165) is 45.0 Å². The first-order valence-corrected chi connectivity index (χ1v) is 8.50. The van der Waals surface area contributed by atoms with Crippen molar-refractivity contribution in [3.63, 3.8) is 0 Å². The van der Waals surface area contributed by atoms with Gasteiger partial charge >= 0.3 is 0 Å². The van der Waals surface area contributed by atoms with E-state index in [9.17, 15) is 0 Å². The third-order valence-corrected chi connectivity index (χ3v) is 4.70. The van der Waals surface area contributed by atoms with Crippen LogP contribution in [0.25, 0.3) is 10.1 Å². The Hall–Kier alpha value is -1.10. The molecule has 0 saturated carbocycles. The van der Waals surface area contributed by atoms with Gasteiger partial charge < -0.3 is 14.4 Å². The first kappa shape index (κ1) is 16.3. The van der Waals surface area contributed by atoms with Crippen LogP contribution in [-0.4, -0.2) is 44.9 Å². The molecular formula is C17H25NO2S. The summed E-state index contributed by atoms with van der Waals surface area (Å²) in [4.78, 5) is 2.37. The molecule has 0 amide bonds. The van der Waals surface area contributed by atoms with Crippen LogP contribution in [0.15, 0.2) is 23.6 Å². The van der Waals surface area contributed by atoms with Crippen LogP contribution in [0, 0.1) is 0 Å². The number of rotatable bonds is 9. The van der Waals surface area contributed by atoms with E-state index in [4.69, 9.17) is 9.47 Å². The van der Waals surface area contributed by atoms with E-state index in [1.807, 2.05) is 0 Å². The first-order chi connectivity index (χ1) is 10.3. The lowest BCUT2D eigenvalue weighted by Gasteiger charge is -2.17. The fourth-order valence-corrected chi connectivity index (χ4v) is 3.24. The zero-order valence-electron chi connectivity index (χ0n) is 13.2. The monoisotopic (exact) mass is 307 g/mol. The molecule has 1 aromatic heterocycles. The van der Waals surface area contributed by atoms with Gasteiger partial charge in [0.15, 0.2) is 0 Å². The third-order valence-electron chi connectivity index (χ3n) is 3.82. The van der Waals surface area contributed by atoms with E-state index in [1.165, 1.54) is 15.6 Å². The molecule has 1 aromatic carbocycles. The van der Waals surface area contributed by atoms with Crippen LogP contribution < -0.4 is 4.74 Å². The van der Waals surface area contributed by atoms with Gasteiger partial charge in [-0.25, -0.2) is 0 Å². The molecular weight excluding hydrogens is 282 g/mol. The molecule has 2 rings (SSSR count). The molecule has 0 aliphatic carbocycles. The van der Waals surface area contributed by atoms with Crippen LogP contribution in [0.5, 0.6) is 5.75 Å². The van der Waals surface area contributed by atoms with Crippen LogP contribution in [0.3, 0.4) is 0 Å². The van der Waals surface area contributed by atoms with Crippen molar-refractivity contribution < 1.29 is 9.47 Å². The van der Waals surface area contributed by atoms with Crippen molar-refractivity contribution in [3.8, 4) is 5.75 Å². The minimum Gasteiger partial charge on any atom is -0.496 e. The molecule has 3 nitrogen and oxygen atoms in total. The largest absolute Gasteiger partial charge is 0.496 e. The first-order valence-electron chi connectivity index (χ1n) is 7.62. The number of benzene rings is 1. The molecule has 2 aromatic rings. The van der Waals surface area contributed by atoms with Crippen LogP contribution in [-0.2, 0) is 11.2 Å². The van der Waals surface area contributed by atoms with Gasteiger partial charge in [0.2, 0.25) is 0 Å². The maximum atomic E-state index is 5.77. The molecule has 0 saturated heterocycles. The van der Waals surface area contributed by atoms with Gasteiger partial charge in [-0.2, -0.15) is 0 Å². The number of fused-ring (bicyclic) bond motifs is 1. The van der Waals surface area contributed by atoms with Gasteiger partial charge in [-0.1, -0.05) is 13.8 Å². The Morgan fingerprint density at radius 3 is 2.67 bits per heavy atom. The lowest BCUT2D eigenvalue weighted by molar-refractivity contribution is 0.109. The summed E-state index contributed by atoms with van der Waals surface area (Å²) in [6.07, 6.45) is 0.896. The average molecular weight is 307 g/mol. The quantitative estimate of drug-likeness (QED) is 0.658. The number of ether oxygens (including phenoxy) is 2. The molecule has 0 fully saturated rings. The number of likely N-dealkylation sites (N-methyl/N-ethyl adjacent to an activating group) is 1. The Kier molecular flexibility index (Phi) is 6.49. The van der Waals surface area contributed by atoms with Gasteiger partial charge in [-0.3, -0.25) is 0 Å². The second-order valence-corrected chi connectivity index (χ2v) is 5.96. The number of thiophene rings is 1. The highest BCUT2D eigenvalue weighted by atomic mass is 32.1. The van der Waals surface area contributed by atoms with Gasteiger partial charge in [0.05, 0.1) is 20.3 Å². The van der Waals surface area contributed by atoms with E-state index >= 15 is 0 Å². The van der Waals surface area contributed by atoms with E-state index in [2.05, 4.69) is 42.3 Å². The topological polar surface area (TPSA) is 21.7 Å². The molecule has 0 atom stereocenters. The van der Waals surface area contributed by atoms with Crippen LogP contribution in [0.4, 0.5) is 0 Å². The highest BCUT2D eigenvalue weighted by Gasteiger charge is 2.07. The van der Waals surface area contributed by atoms with Crippen molar-refractivity contribution in [2.75, 3.05) is 40.0 Å². The number of hydrogen-bond donors (Lipinski definition) is 0. The van der Waals surface area contributed by atoms with Crippen molar-refractivity contribution >= 4 is 21.4 Å². The minimum absolute atomic E-state index is 0.743. The third kappa shape index (κ3) is 4.43. The fraction of sp³-hybridized carbons (Fsp3) is 0.529. The minimum atomic E-state index is 0.743. The Balaban J connectivity index is 1.85. The molecule has 0 aliphatic heterocycles. The maximum Gasteiger partial charge on any atom is 0.123 e. The molecule has 0 bridgehead atoms. The van der Waals surface area contributed by atoms with Crippen LogP contribution in [0.2, 0.25) is 0 Å². The van der Waals surface area contributed by atoms with Crippen molar-refractivity contribution in [3.05, 3.63) is 29.1 Å².